The Balaban J connectivity index is 1.88. The van der Waals surface area contributed by atoms with Crippen LogP contribution in [0.3, 0.4) is 0 Å². The molecule has 4 N–H and O–H groups in total. The summed E-state index contributed by atoms with van der Waals surface area (Å²) in [5.74, 6) is 0.0679. The van der Waals surface area contributed by atoms with Gasteiger partial charge in [-0.3, -0.25) is 4.79 Å². The van der Waals surface area contributed by atoms with E-state index in [9.17, 15) is 4.79 Å². The van der Waals surface area contributed by atoms with Crippen LogP contribution in [-0.4, -0.2) is 52.1 Å². The van der Waals surface area contributed by atoms with Crippen LogP contribution in [0.4, 0.5) is 11.9 Å². The molecule has 1 fully saturated rings. The summed E-state index contributed by atoms with van der Waals surface area (Å²) < 4.78 is 5.32. The molecule has 0 bridgehead atoms. The molecule has 8 nitrogen and oxygen atoms in total. The van der Waals surface area contributed by atoms with E-state index in [0.717, 1.165) is 5.56 Å². The van der Waals surface area contributed by atoms with Gasteiger partial charge in [-0.25, -0.2) is 0 Å². The Bertz CT molecular complexity index is 688. The molecule has 0 spiro atoms. The summed E-state index contributed by atoms with van der Waals surface area (Å²) in [6.07, 6.45) is 0. The summed E-state index contributed by atoms with van der Waals surface area (Å²) in [5, 5.41) is -0.152. The first-order chi connectivity index (χ1) is 11.6. The van der Waals surface area contributed by atoms with Crippen molar-refractivity contribution in [2.75, 3.05) is 37.8 Å². The lowest BCUT2D eigenvalue weighted by molar-refractivity contribution is -0.134. The highest BCUT2D eigenvalue weighted by atomic mass is 32.2. The fourth-order valence-electron chi connectivity index (χ4n) is 2.38. The molecule has 9 heteroatoms. The van der Waals surface area contributed by atoms with Crippen LogP contribution in [0.2, 0.25) is 0 Å². The van der Waals surface area contributed by atoms with Gasteiger partial charge in [0.05, 0.1) is 13.2 Å². The van der Waals surface area contributed by atoms with Crippen LogP contribution < -0.4 is 11.5 Å². The second-order valence-electron chi connectivity index (χ2n) is 5.18. The SMILES string of the molecule is Nc1nc(N)nc(SC(C(=O)N2CCOCC2)c2ccccc2)n1. The average Bonchev–Trinajstić information content (AvgIpc) is 2.60. The molecule has 1 unspecified atom stereocenters. The van der Waals surface area contributed by atoms with Crippen molar-refractivity contribution < 1.29 is 9.53 Å². The molecule has 3 rings (SSSR count). The molecule has 1 atom stereocenters. The smallest absolute Gasteiger partial charge is 0.240 e. The Morgan fingerprint density at radius 2 is 1.71 bits per heavy atom. The van der Waals surface area contributed by atoms with E-state index >= 15 is 0 Å². The first kappa shape index (κ1) is 16.5. The number of nitrogen functional groups attached to an aromatic ring is 2. The Morgan fingerprint density at radius 3 is 2.33 bits per heavy atom. The number of amides is 1. The molecular weight excluding hydrogens is 328 g/mol. The number of hydrogen-bond acceptors (Lipinski definition) is 8. The van der Waals surface area contributed by atoms with E-state index in [1.54, 1.807) is 4.90 Å². The molecule has 126 valence electrons. The largest absolute Gasteiger partial charge is 0.378 e. The predicted octanol–water partition coefficient (Wildman–Crippen LogP) is 0.728. The average molecular weight is 346 g/mol. The Kier molecular flexibility index (Phi) is 5.11. The summed E-state index contributed by atoms with van der Waals surface area (Å²) in [4.78, 5) is 26.7. The molecule has 0 saturated carbocycles. The number of benzene rings is 1. The highest BCUT2D eigenvalue weighted by molar-refractivity contribution is 8.00. The first-order valence-corrected chi connectivity index (χ1v) is 8.36. The zero-order chi connectivity index (χ0) is 16.9. The first-order valence-electron chi connectivity index (χ1n) is 7.48. The molecule has 1 aliphatic rings. The molecule has 1 saturated heterocycles. The van der Waals surface area contributed by atoms with Gasteiger partial charge in [0.2, 0.25) is 17.8 Å². The van der Waals surface area contributed by atoms with Crippen LogP contribution in [-0.2, 0) is 9.53 Å². The van der Waals surface area contributed by atoms with E-state index in [-0.39, 0.29) is 17.8 Å². The third kappa shape index (κ3) is 3.92. The van der Waals surface area contributed by atoms with Gasteiger partial charge in [0.25, 0.3) is 0 Å². The summed E-state index contributed by atoms with van der Waals surface area (Å²) in [5.41, 5.74) is 12.1. The van der Waals surface area contributed by atoms with Crippen LogP contribution in [0.5, 0.6) is 0 Å². The van der Waals surface area contributed by atoms with E-state index in [4.69, 9.17) is 16.2 Å². The molecule has 1 aromatic carbocycles. The number of anilines is 2. The monoisotopic (exact) mass is 346 g/mol. The summed E-state index contributed by atoms with van der Waals surface area (Å²) >= 11 is 1.22. The minimum absolute atomic E-state index is 0.00736. The van der Waals surface area contributed by atoms with Crippen molar-refractivity contribution in [2.24, 2.45) is 0 Å². The van der Waals surface area contributed by atoms with Gasteiger partial charge in [-0.05, 0) is 5.56 Å². The maximum absolute atomic E-state index is 13.0. The van der Waals surface area contributed by atoms with Crippen molar-refractivity contribution in [2.45, 2.75) is 10.4 Å². The van der Waals surface area contributed by atoms with E-state index in [1.165, 1.54) is 11.8 Å². The zero-order valence-corrected chi connectivity index (χ0v) is 13.8. The standard InChI is InChI=1S/C15H18N6O2S/c16-13-18-14(17)20-15(19-13)24-11(10-4-2-1-3-5-10)12(22)21-6-8-23-9-7-21/h1-5,11H,6-9H2,(H4,16,17,18,19,20). The van der Waals surface area contributed by atoms with Crippen LogP contribution >= 0.6 is 11.8 Å². The molecule has 2 aromatic rings. The van der Waals surface area contributed by atoms with Crippen LogP contribution in [0.1, 0.15) is 10.8 Å². The molecule has 2 heterocycles. The molecule has 24 heavy (non-hydrogen) atoms. The number of hydrogen-bond donors (Lipinski definition) is 2. The normalized spacial score (nSPS) is 15.9. The number of nitrogens with two attached hydrogens (primary N) is 2. The van der Waals surface area contributed by atoms with Crippen LogP contribution in [0, 0.1) is 0 Å². The summed E-state index contributed by atoms with van der Waals surface area (Å²) in [7, 11) is 0. The van der Waals surface area contributed by atoms with Crippen molar-refractivity contribution >= 4 is 29.6 Å². The Hall–Kier alpha value is -2.39. The number of ether oxygens (including phenoxy) is 1. The van der Waals surface area contributed by atoms with E-state index in [0.29, 0.717) is 31.5 Å². The van der Waals surface area contributed by atoms with E-state index in [2.05, 4.69) is 15.0 Å². The van der Waals surface area contributed by atoms with Gasteiger partial charge >= 0.3 is 0 Å². The maximum atomic E-state index is 13.0. The van der Waals surface area contributed by atoms with Gasteiger partial charge in [-0.2, -0.15) is 15.0 Å². The molecule has 0 aliphatic carbocycles. The van der Waals surface area contributed by atoms with Gasteiger partial charge in [0.15, 0.2) is 5.16 Å². The predicted molar refractivity (Wildman–Crippen MR) is 91.1 cm³/mol. The Labute approximate surface area is 143 Å². The quantitative estimate of drug-likeness (QED) is 0.777. The molecule has 1 amide bonds. The highest BCUT2D eigenvalue weighted by Gasteiger charge is 2.29. The van der Waals surface area contributed by atoms with Crippen molar-refractivity contribution in [1.82, 2.24) is 19.9 Å². The fraction of sp³-hybridized carbons (Fsp3) is 0.333. The molecular formula is C15H18N6O2S. The van der Waals surface area contributed by atoms with Gasteiger partial charge in [-0.15, -0.1) is 0 Å². The number of nitrogens with zero attached hydrogens (tertiary/aromatic N) is 4. The molecule has 0 radical (unpaired) electrons. The maximum Gasteiger partial charge on any atom is 0.240 e. The van der Waals surface area contributed by atoms with Crippen LogP contribution in [0.15, 0.2) is 35.5 Å². The number of carbonyl (C=O) groups is 1. The highest BCUT2D eigenvalue weighted by Crippen LogP contribution is 2.35. The van der Waals surface area contributed by atoms with Gasteiger partial charge in [-0.1, -0.05) is 42.1 Å². The van der Waals surface area contributed by atoms with Crippen molar-refractivity contribution in [3.63, 3.8) is 0 Å². The van der Waals surface area contributed by atoms with Crippen molar-refractivity contribution in [3.8, 4) is 0 Å². The third-order valence-corrected chi connectivity index (χ3v) is 4.63. The summed E-state index contributed by atoms with van der Waals surface area (Å²) in [6.45, 7) is 2.24. The lowest BCUT2D eigenvalue weighted by Crippen LogP contribution is -2.42. The lowest BCUT2D eigenvalue weighted by atomic mass is 10.1. The zero-order valence-electron chi connectivity index (χ0n) is 13.0. The minimum atomic E-state index is -0.481. The van der Waals surface area contributed by atoms with Crippen LogP contribution in [0.25, 0.3) is 0 Å². The third-order valence-electron chi connectivity index (χ3n) is 3.52. The lowest BCUT2D eigenvalue weighted by Gasteiger charge is -2.30. The number of carbonyl (C=O) groups excluding carboxylic acids is 1. The molecule has 1 aromatic heterocycles. The Morgan fingerprint density at radius 1 is 1.08 bits per heavy atom. The minimum Gasteiger partial charge on any atom is -0.378 e. The second kappa shape index (κ2) is 7.45. The fourth-order valence-corrected chi connectivity index (χ4v) is 3.43. The second-order valence-corrected chi connectivity index (χ2v) is 6.25. The number of rotatable bonds is 4. The van der Waals surface area contributed by atoms with Crippen molar-refractivity contribution in [3.05, 3.63) is 35.9 Å². The van der Waals surface area contributed by atoms with E-state index < -0.39 is 5.25 Å². The number of thioether (sulfide) groups is 1. The van der Waals surface area contributed by atoms with Gasteiger partial charge < -0.3 is 21.1 Å². The molecule has 1 aliphatic heterocycles. The van der Waals surface area contributed by atoms with Gasteiger partial charge in [0.1, 0.15) is 5.25 Å². The number of morpholine rings is 1. The van der Waals surface area contributed by atoms with Gasteiger partial charge in [0, 0.05) is 13.1 Å². The van der Waals surface area contributed by atoms with Crippen molar-refractivity contribution in [1.29, 1.82) is 0 Å². The van der Waals surface area contributed by atoms with E-state index in [1.807, 2.05) is 30.3 Å². The topological polar surface area (TPSA) is 120 Å². The number of aromatic nitrogens is 3. The summed E-state index contributed by atoms with van der Waals surface area (Å²) in [6, 6.07) is 9.51.